The molecule has 29 heavy (non-hydrogen) atoms. The number of carbonyl (C=O) groups excluding carboxylic acids is 1. The summed E-state index contributed by atoms with van der Waals surface area (Å²) in [5.41, 5.74) is 0.432. The monoisotopic (exact) mass is 397 g/mol. The van der Waals surface area contributed by atoms with Gasteiger partial charge in [0.05, 0.1) is 5.56 Å². The van der Waals surface area contributed by atoms with Crippen molar-refractivity contribution in [3.63, 3.8) is 0 Å². The normalized spacial score (nSPS) is 11.4. The highest BCUT2D eigenvalue weighted by Gasteiger charge is 2.30. The lowest BCUT2D eigenvalue weighted by Crippen LogP contribution is -2.20. The van der Waals surface area contributed by atoms with Crippen LogP contribution in [0.3, 0.4) is 0 Å². The second kappa shape index (κ2) is 9.10. The van der Waals surface area contributed by atoms with E-state index in [1.807, 2.05) is 30.3 Å². The lowest BCUT2D eigenvalue weighted by molar-refractivity contribution is -0.137. The molecule has 148 valence electrons. The molecular weight excluding hydrogens is 379 g/mol. The standard InChI is InChI=1S/C23H18F3NO2/c24-23(25,26)19-6-4-5-18(15-19)16-27-22(28)14-11-17-9-12-21(13-10-17)29-20-7-2-1-3-8-20/h1-15H,16H2,(H,27,28). The topological polar surface area (TPSA) is 38.3 Å². The van der Waals surface area contributed by atoms with Crippen LogP contribution in [0.1, 0.15) is 16.7 Å². The van der Waals surface area contributed by atoms with Gasteiger partial charge < -0.3 is 10.1 Å². The maximum atomic E-state index is 12.7. The molecule has 0 unspecified atom stereocenters. The molecule has 3 nitrogen and oxygen atoms in total. The molecule has 1 N–H and O–H groups in total. The third-order valence-electron chi connectivity index (χ3n) is 4.01. The van der Waals surface area contributed by atoms with Gasteiger partial charge in [-0.15, -0.1) is 0 Å². The Labute approximate surface area is 166 Å². The number of amides is 1. The van der Waals surface area contributed by atoms with Gasteiger partial charge >= 0.3 is 6.18 Å². The van der Waals surface area contributed by atoms with Crippen LogP contribution in [0.15, 0.2) is 84.9 Å². The fourth-order valence-electron chi connectivity index (χ4n) is 2.55. The van der Waals surface area contributed by atoms with Gasteiger partial charge in [-0.1, -0.05) is 42.5 Å². The van der Waals surface area contributed by atoms with Crippen LogP contribution in [0.2, 0.25) is 0 Å². The number of benzene rings is 3. The third kappa shape index (κ3) is 6.24. The summed E-state index contributed by atoms with van der Waals surface area (Å²) in [6, 6.07) is 21.4. The highest BCUT2D eigenvalue weighted by atomic mass is 19.4. The lowest BCUT2D eigenvalue weighted by atomic mass is 10.1. The van der Waals surface area contributed by atoms with Crippen LogP contribution in [-0.4, -0.2) is 5.91 Å². The van der Waals surface area contributed by atoms with E-state index < -0.39 is 17.6 Å². The van der Waals surface area contributed by atoms with Gasteiger partial charge in [-0.05, 0) is 53.6 Å². The molecule has 0 saturated heterocycles. The Bertz CT molecular complexity index is 981. The molecular formula is C23H18F3NO2. The summed E-state index contributed by atoms with van der Waals surface area (Å²) in [6.07, 6.45) is -1.45. The van der Waals surface area contributed by atoms with Crippen molar-refractivity contribution in [3.05, 3.63) is 102 Å². The predicted octanol–water partition coefficient (Wildman–Crippen LogP) is 5.83. The first-order valence-corrected chi connectivity index (χ1v) is 8.85. The minimum absolute atomic E-state index is 0.0109. The first-order chi connectivity index (χ1) is 13.9. The van der Waals surface area contributed by atoms with Gasteiger partial charge in [0.15, 0.2) is 0 Å². The highest BCUT2D eigenvalue weighted by molar-refractivity contribution is 5.91. The summed E-state index contributed by atoms with van der Waals surface area (Å²) in [4.78, 5) is 11.9. The van der Waals surface area contributed by atoms with Gasteiger partial charge in [0.1, 0.15) is 11.5 Å². The number of alkyl halides is 3. The van der Waals surface area contributed by atoms with Crippen molar-refractivity contribution < 1.29 is 22.7 Å². The first kappa shape index (κ1) is 20.2. The molecule has 0 aromatic heterocycles. The van der Waals surface area contributed by atoms with E-state index in [1.165, 1.54) is 18.2 Å². The smallest absolute Gasteiger partial charge is 0.416 e. The molecule has 3 rings (SSSR count). The quantitative estimate of drug-likeness (QED) is 0.532. The van der Waals surface area contributed by atoms with Crippen molar-refractivity contribution in [1.82, 2.24) is 5.32 Å². The fraction of sp³-hybridized carbons (Fsp3) is 0.0870. The number of nitrogens with one attached hydrogen (secondary N) is 1. The lowest BCUT2D eigenvalue weighted by Gasteiger charge is -2.09. The molecule has 1 amide bonds. The van der Waals surface area contributed by atoms with Gasteiger partial charge in [-0.25, -0.2) is 0 Å². The Morgan fingerprint density at radius 2 is 1.59 bits per heavy atom. The first-order valence-electron chi connectivity index (χ1n) is 8.85. The van der Waals surface area contributed by atoms with Crippen molar-refractivity contribution in [2.45, 2.75) is 12.7 Å². The van der Waals surface area contributed by atoms with Gasteiger partial charge in [0.25, 0.3) is 0 Å². The highest BCUT2D eigenvalue weighted by Crippen LogP contribution is 2.29. The van der Waals surface area contributed by atoms with E-state index in [2.05, 4.69) is 5.32 Å². The molecule has 0 saturated carbocycles. The summed E-state index contributed by atoms with van der Waals surface area (Å²) in [5.74, 6) is 0.999. The van der Waals surface area contributed by atoms with Crippen LogP contribution in [0.25, 0.3) is 6.08 Å². The van der Waals surface area contributed by atoms with E-state index >= 15 is 0 Å². The number of halogens is 3. The molecule has 3 aromatic rings. The summed E-state index contributed by atoms with van der Waals surface area (Å²) < 4.78 is 43.9. The zero-order valence-electron chi connectivity index (χ0n) is 15.3. The molecule has 0 radical (unpaired) electrons. The van der Waals surface area contributed by atoms with E-state index in [1.54, 1.807) is 30.3 Å². The summed E-state index contributed by atoms with van der Waals surface area (Å²) >= 11 is 0. The maximum absolute atomic E-state index is 12.7. The molecule has 0 spiro atoms. The Kier molecular flexibility index (Phi) is 6.34. The Morgan fingerprint density at radius 3 is 2.28 bits per heavy atom. The third-order valence-corrected chi connectivity index (χ3v) is 4.01. The summed E-state index contributed by atoms with van der Waals surface area (Å²) in [7, 11) is 0. The fourth-order valence-corrected chi connectivity index (χ4v) is 2.55. The van der Waals surface area contributed by atoms with Crippen LogP contribution < -0.4 is 10.1 Å². The Balaban J connectivity index is 1.53. The van der Waals surface area contributed by atoms with E-state index in [4.69, 9.17) is 4.74 Å². The zero-order chi connectivity index (χ0) is 20.7. The van der Waals surface area contributed by atoms with Crippen LogP contribution in [0.4, 0.5) is 13.2 Å². The second-order valence-electron chi connectivity index (χ2n) is 6.23. The number of para-hydroxylation sites is 1. The minimum Gasteiger partial charge on any atom is -0.457 e. The number of rotatable bonds is 6. The zero-order valence-corrected chi connectivity index (χ0v) is 15.3. The molecule has 0 aliphatic carbocycles. The number of ether oxygens (including phenoxy) is 1. The molecule has 3 aromatic carbocycles. The van der Waals surface area contributed by atoms with Gasteiger partial charge in [0.2, 0.25) is 5.91 Å². The number of carbonyl (C=O) groups is 1. The SMILES string of the molecule is O=C(C=Cc1ccc(Oc2ccccc2)cc1)NCc1cccc(C(F)(F)F)c1. The van der Waals surface area contributed by atoms with Crippen molar-refractivity contribution in [3.8, 4) is 11.5 Å². The van der Waals surface area contributed by atoms with Crippen LogP contribution >= 0.6 is 0 Å². The molecule has 6 heteroatoms. The average Bonchev–Trinajstić information content (AvgIpc) is 2.72. The molecule has 0 aliphatic heterocycles. The van der Waals surface area contributed by atoms with Crippen LogP contribution in [0, 0.1) is 0 Å². The van der Waals surface area contributed by atoms with Gasteiger partial charge in [0, 0.05) is 12.6 Å². The predicted molar refractivity (Wildman–Crippen MR) is 105 cm³/mol. The number of hydrogen-bond donors (Lipinski definition) is 1. The molecule has 0 aliphatic rings. The van der Waals surface area contributed by atoms with E-state index in [-0.39, 0.29) is 6.54 Å². The Morgan fingerprint density at radius 1 is 0.897 bits per heavy atom. The van der Waals surface area contributed by atoms with Crippen molar-refractivity contribution in [2.24, 2.45) is 0 Å². The van der Waals surface area contributed by atoms with Crippen LogP contribution in [0.5, 0.6) is 11.5 Å². The minimum atomic E-state index is -4.41. The van der Waals surface area contributed by atoms with E-state index in [9.17, 15) is 18.0 Å². The largest absolute Gasteiger partial charge is 0.457 e. The van der Waals surface area contributed by atoms with Crippen molar-refractivity contribution in [2.75, 3.05) is 0 Å². The maximum Gasteiger partial charge on any atom is 0.416 e. The molecule has 0 fully saturated rings. The van der Waals surface area contributed by atoms with Gasteiger partial charge in [-0.2, -0.15) is 13.2 Å². The molecule has 0 bridgehead atoms. The van der Waals surface area contributed by atoms with Crippen molar-refractivity contribution in [1.29, 1.82) is 0 Å². The van der Waals surface area contributed by atoms with Crippen LogP contribution in [-0.2, 0) is 17.5 Å². The summed E-state index contributed by atoms with van der Waals surface area (Å²) in [6.45, 7) is 0.0109. The number of hydrogen-bond acceptors (Lipinski definition) is 2. The van der Waals surface area contributed by atoms with E-state index in [0.29, 0.717) is 11.3 Å². The Hall–Kier alpha value is -3.54. The average molecular weight is 397 g/mol. The molecule has 0 atom stereocenters. The van der Waals surface area contributed by atoms with Gasteiger partial charge in [-0.3, -0.25) is 4.79 Å². The molecule has 0 heterocycles. The second-order valence-corrected chi connectivity index (χ2v) is 6.23. The van der Waals surface area contributed by atoms with Crippen molar-refractivity contribution >= 4 is 12.0 Å². The van der Waals surface area contributed by atoms with E-state index in [0.717, 1.165) is 23.4 Å². The summed E-state index contributed by atoms with van der Waals surface area (Å²) in [5, 5.41) is 2.57.